The van der Waals surface area contributed by atoms with Gasteiger partial charge in [-0.1, -0.05) is 59.4 Å². The predicted octanol–water partition coefficient (Wildman–Crippen LogP) is 4.84. The summed E-state index contributed by atoms with van der Waals surface area (Å²) in [5.41, 5.74) is 2.61. The highest BCUT2D eigenvalue weighted by molar-refractivity contribution is 7.91. The van der Waals surface area contributed by atoms with E-state index in [2.05, 4.69) is 10.1 Å². The third-order valence-corrected chi connectivity index (χ3v) is 7.81. The molecule has 0 aliphatic heterocycles. The zero-order valence-corrected chi connectivity index (χ0v) is 20.3. The number of sulfone groups is 1. The molecule has 174 valence electrons. The number of aryl methyl sites for hydroxylation is 1. The molecule has 0 atom stereocenters. The van der Waals surface area contributed by atoms with Gasteiger partial charge < -0.3 is 4.74 Å². The van der Waals surface area contributed by atoms with Crippen molar-refractivity contribution in [2.75, 3.05) is 17.9 Å². The van der Waals surface area contributed by atoms with Crippen LogP contribution >= 0.6 is 11.3 Å². The van der Waals surface area contributed by atoms with E-state index in [1.807, 2.05) is 37.3 Å². The summed E-state index contributed by atoms with van der Waals surface area (Å²) in [4.78, 5) is 17.9. The van der Waals surface area contributed by atoms with Crippen LogP contribution in [0.15, 0.2) is 82.8 Å². The molecule has 0 radical (unpaired) electrons. The van der Waals surface area contributed by atoms with Gasteiger partial charge >= 0.3 is 0 Å². The molecule has 0 N–H and O–H groups in total. The third-order valence-electron chi connectivity index (χ3n) is 5.09. The smallest absolute Gasteiger partial charge is 0.250 e. The maximum absolute atomic E-state index is 13.2. The number of carbonyl (C=O) groups excluding carboxylic acids is 1. The maximum Gasteiger partial charge on any atom is 0.250 e. The molecule has 4 aromatic rings. The van der Waals surface area contributed by atoms with E-state index in [4.69, 9.17) is 4.74 Å². The van der Waals surface area contributed by atoms with Crippen LogP contribution in [0.25, 0.3) is 10.2 Å². The first-order valence-corrected chi connectivity index (χ1v) is 13.0. The van der Waals surface area contributed by atoms with Gasteiger partial charge in [-0.3, -0.25) is 4.79 Å². The van der Waals surface area contributed by atoms with Gasteiger partial charge in [0, 0.05) is 6.42 Å². The standard InChI is InChI=1S/C25H23N3O4S2/c1-18-8-10-19(11-9-18)17-26-28(25-27-22-13-12-20(32-2)16-23(22)33-25)24(29)14-15-34(30,31)21-6-4-3-5-7-21/h3-13,16-17H,14-15H2,1-2H3/b26-17+. The summed E-state index contributed by atoms with van der Waals surface area (Å²) in [5, 5.41) is 5.92. The topological polar surface area (TPSA) is 88.9 Å². The maximum atomic E-state index is 13.2. The fraction of sp³-hybridized carbons (Fsp3) is 0.160. The van der Waals surface area contributed by atoms with Gasteiger partial charge in [0.15, 0.2) is 9.84 Å². The predicted molar refractivity (Wildman–Crippen MR) is 136 cm³/mol. The Hall–Kier alpha value is -3.56. The molecule has 1 amide bonds. The average Bonchev–Trinajstić information content (AvgIpc) is 3.27. The molecular formula is C25H23N3O4S2. The van der Waals surface area contributed by atoms with Crippen molar-refractivity contribution >= 4 is 48.6 Å². The fourth-order valence-corrected chi connectivity index (χ4v) is 5.40. The Balaban J connectivity index is 1.63. The first-order chi connectivity index (χ1) is 16.4. The second-order valence-corrected chi connectivity index (χ2v) is 10.7. The second kappa shape index (κ2) is 10.1. The van der Waals surface area contributed by atoms with Gasteiger partial charge in [0.25, 0.3) is 5.91 Å². The largest absolute Gasteiger partial charge is 0.497 e. The lowest BCUT2D eigenvalue weighted by molar-refractivity contribution is -0.118. The molecule has 0 spiro atoms. The van der Waals surface area contributed by atoms with Crippen LogP contribution in [0.2, 0.25) is 0 Å². The first kappa shape index (κ1) is 23.6. The summed E-state index contributed by atoms with van der Waals surface area (Å²) in [6, 6.07) is 21.2. The summed E-state index contributed by atoms with van der Waals surface area (Å²) in [6.45, 7) is 1.99. The molecule has 1 heterocycles. The van der Waals surface area contributed by atoms with Crippen molar-refractivity contribution in [2.45, 2.75) is 18.2 Å². The number of amides is 1. The van der Waals surface area contributed by atoms with Gasteiger partial charge in [-0.15, -0.1) is 0 Å². The summed E-state index contributed by atoms with van der Waals surface area (Å²) in [5.74, 6) is -0.114. The van der Waals surface area contributed by atoms with E-state index in [-0.39, 0.29) is 17.1 Å². The van der Waals surface area contributed by atoms with Crippen molar-refractivity contribution in [2.24, 2.45) is 5.10 Å². The normalized spacial score (nSPS) is 11.7. The van der Waals surface area contributed by atoms with Gasteiger partial charge in [0.2, 0.25) is 5.13 Å². The van der Waals surface area contributed by atoms with Crippen LogP contribution in [-0.2, 0) is 14.6 Å². The fourth-order valence-electron chi connectivity index (χ4n) is 3.18. The number of hydrogen-bond acceptors (Lipinski definition) is 7. The number of methoxy groups -OCH3 is 1. The molecule has 4 rings (SSSR count). The number of ether oxygens (including phenoxy) is 1. The Morgan fingerprint density at radius 2 is 1.82 bits per heavy atom. The van der Waals surface area contributed by atoms with Crippen LogP contribution in [0.5, 0.6) is 5.75 Å². The third kappa shape index (κ3) is 5.49. The van der Waals surface area contributed by atoms with E-state index in [9.17, 15) is 13.2 Å². The lowest BCUT2D eigenvalue weighted by Crippen LogP contribution is -2.27. The number of benzene rings is 3. The van der Waals surface area contributed by atoms with Crippen LogP contribution in [-0.4, -0.2) is 38.4 Å². The summed E-state index contributed by atoms with van der Waals surface area (Å²) in [6.07, 6.45) is 1.33. The first-order valence-electron chi connectivity index (χ1n) is 10.5. The Labute approximate surface area is 202 Å². The Morgan fingerprint density at radius 3 is 2.53 bits per heavy atom. The monoisotopic (exact) mass is 493 g/mol. The molecule has 34 heavy (non-hydrogen) atoms. The van der Waals surface area contributed by atoms with Crippen LogP contribution in [0.4, 0.5) is 5.13 Å². The van der Waals surface area contributed by atoms with Crippen LogP contribution in [0.1, 0.15) is 17.5 Å². The molecule has 3 aromatic carbocycles. The molecule has 0 fully saturated rings. The quantitative estimate of drug-likeness (QED) is 0.259. The van der Waals surface area contributed by atoms with Crippen LogP contribution in [0, 0.1) is 6.92 Å². The number of carbonyl (C=O) groups is 1. The summed E-state index contributed by atoms with van der Waals surface area (Å²) in [7, 11) is -2.03. The highest BCUT2D eigenvalue weighted by Gasteiger charge is 2.23. The minimum absolute atomic E-state index is 0.185. The second-order valence-electron chi connectivity index (χ2n) is 7.57. The Kier molecular flexibility index (Phi) is 7.04. The molecule has 0 unspecified atom stereocenters. The van der Waals surface area contributed by atoms with Crippen LogP contribution in [0.3, 0.4) is 0 Å². The van der Waals surface area contributed by atoms with Gasteiger partial charge in [-0.2, -0.15) is 10.1 Å². The number of hydrogen-bond donors (Lipinski definition) is 0. The van der Waals surface area contributed by atoms with E-state index < -0.39 is 15.7 Å². The van der Waals surface area contributed by atoms with Crippen molar-refractivity contribution in [3.8, 4) is 5.75 Å². The molecule has 7 nitrogen and oxygen atoms in total. The van der Waals surface area contributed by atoms with Crippen molar-refractivity contribution < 1.29 is 17.9 Å². The van der Waals surface area contributed by atoms with Crippen molar-refractivity contribution in [3.63, 3.8) is 0 Å². The number of anilines is 1. The van der Waals surface area contributed by atoms with Gasteiger partial charge in [0.05, 0.1) is 34.2 Å². The van der Waals surface area contributed by atoms with E-state index in [1.54, 1.807) is 43.7 Å². The molecule has 1 aromatic heterocycles. The lowest BCUT2D eigenvalue weighted by atomic mass is 10.2. The summed E-state index contributed by atoms with van der Waals surface area (Å²) < 4.78 is 31.5. The van der Waals surface area contributed by atoms with Gasteiger partial charge in [-0.05, 0) is 42.8 Å². The lowest BCUT2D eigenvalue weighted by Gasteiger charge is -2.14. The summed E-state index contributed by atoms with van der Waals surface area (Å²) >= 11 is 1.28. The van der Waals surface area contributed by atoms with Gasteiger partial charge in [-0.25, -0.2) is 13.4 Å². The van der Waals surface area contributed by atoms with E-state index >= 15 is 0 Å². The van der Waals surface area contributed by atoms with Crippen molar-refractivity contribution in [1.29, 1.82) is 0 Å². The number of thiazole rings is 1. The molecule has 9 heteroatoms. The molecular weight excluding hydrogens is 470 g/mol. The zero-order valence-electron chi connectivity index (χ0n) is 18.7. The van der Waals surface area contributed by atoms with E-state index in [1.165, 1.54) is 28.5 Å². The van der Waals surface area contributed by atoms with Gasteiger partial charge in [0.1, 0.15) is 5.75 Å². The number of rotatable bonds is 8. The number of aromatic nitrogens is 1. The zero-order chi connectivity index (χ0) is 24.1. The average molecular weight is 494 g/mol. The SMILES string of the molecule is COc1ccc2nc(N(/N=C/c3ccc(C)cc3)C(=O)CCS(=O)(=O)c3ccccc3)sc2c1. The number of hydrazone groups is 1. The molecule has 0 saturated carbocycles. The number of nitrogens with zero attached hydrogens (tertiary/aromatic N) is 3. The Morgan fingerprint density at radius 1 is 1.09 bits per heavy atom. The van der Waals surface area contributed by atoms with Crippen molar-refractivity contribution in [1.82, 2.24) is 4.98 Å². The van der Waals surface area contributed by atoms with Crippen molar-refractivity contribution in [3.05, 3.63) is 83.9 Å². The number of fused-ring (bicyclic) bond motifs is 1. The minimum Gasteiger partial charge on any atom is -0.497 e. The van der Waals surface area contributed by atoms with E-state index in [0.29, 0.717) is 16.4 Å². The molecule has 0 aliphatic rings. The molecule has 0 saturated heterocycles. The highest BCUT2D eigenvalue weighted by Crippen LogP contribution is 2.32. The molecule has 0 bridgehead atoms. The van der Waals surface area contributed by atoms with E-state index in [0.717, 1.165) is 15.8 Å². The highest BCUT2D eigenvalue weighted by atomic mass is 32.2. The minimum atomic E-state index is -3.61. The van der Waals surface area contributed by atoms with Crippen LogP contribution < -0.4 is 9.75 Å². The Bertz CT molecular complexity index is 1430. The molecule has 0 aliphatic carbocycles.